The van der Waals surface area contributed by atoms with Crippen molar-refractivity contribution in [3.8, 4) is 0 Å². The lowest BCUT2D eigenvalue weighted by Gasteiger charge is -2.35. The van der Waals surface area contributed by atoms with Crippen LogP contribution in [-0.4, -0.2) is 33.7 Å². The Hall–Kier alpha value is -0.470. The molecule has 0 aliphatic carbocycles. The molecule has 2 rings (SSSR count). The SMILES string of the molecule is CNCc1ccc(S(=O)(=O)NC2CCOC(C)(C)C2)s1. The minimum absolute atomic E-state index is 0.0569. The van der Waals surface area contributed by atoms with E-state index in [4.69, 9.17) is 4.74 Å². The van der Waals surface area contributed by atoms with Gasteiger partial charge in [0.1, 0.15) is 4.21 Å². The second kappa shape index (κ2) is 6.11. The number of nitrogens with one attached hydrogen (secondary N) is 2. The summed E-state index contributed by atoms with van der Waals surface area (Å²) in [5.41, 5.74) is -0.266. The third-order valence-corrected chi connectivity index (χ3v) is 6.37. The lowest BCUT2D eigenvalue weighted by Crippen LogP contribution is -2.45. The summed E-state index contributed by atoms with van der Waals surface area (Å²) in [5, 5.41) is 3.02. The lowest BCUT2D eigenvalue weighted by atomic mass is 9.95. The molecule has 1 saturated heterocycles. The van der Waals surface area contributed by atoms with Crippen LogP contribution in [0.25, 0.3) is 0 Å². The Balaban J connectivity index is 2.06. The fraction of sp³-hybridized carbons (Fsp3) is 0.692. The third-order valence-electron chi connectivity index (χ3n) is 3.27. The first-order valence-corrected chi connectivity index (χ1v) is 9.02. The van der Waals surface area contributed by atoms with E-state index in [1.807, 2.05) is 27.0 Å². The number of ether oxygens (including phenoxy) is 1. The molecule has 0 amide bonds. The molecule has 1 unspecified atom stereocenters. The van der Waals surface area contributed by atoms with Crippen molar-refractivity contribution < 1.29 is 13.2 Å². The average Bonchev–Trinajstić information content (AvgIpc) is 2.77. The van der Waals surface area contributed by atoms with Crippen molar-refractivity contribution in [2.24, 2.45) is 0 Å². The van der Waals surface area contributed by atoms with Gasteiger partial charge in [0.15, 0.2) is 0 Å². The van der Waals surface area contributed by atoms with Crippen molar-refractivity contribution in [3.05, 3.63) is 17.0 Å². The van der Waals surface area contributed by atoms with E-state index in [0.717, 1.165) is 11.3 Å². The first-order chi connectivity index (χ1) is 9.32. The Bertz CT molecular complexity index is 552. The second-order valence-corrected chi connectivity index (χ2v) is 8.78. The molecule has 1 atom stereocenters. The zero-order valence-electron chi connectivity index (χ0n) is 12.1. The topological polar surface area (TPSA) is 67.4 Å². The maximum Gasteiger partial charge on any atom is 0.250 e. The van der Waals surface area contributed by atoms with Crippen LogP contribution < -0.4 is 10.0 Å². The summed E-state index contributed by atoms with van der Waals surface area (Å²) < 4.78 is 33.5. The molecule has 1 aromatic heterocycles. The molecule has 2 N–H and O–H groups in total. The highest BCUT2D eigenvalue weighted by molar-refractivity contribution is 7.91. The normalized spacial score (nSPS) is 22.9. The van der Waals surface area contributed by atoms with Gasteiger partial charge >= 0.3 is 0 Å². The Morgan fingerprint density at radius 3 is 2.85 bits per heavy atom. The van der Waals surface area contributed by atoms with Crippen LogP contribution in [0.15, 0.2) is 16.3 Å². The van der Waals surface area contributed by atoms with Crippen molar-refractivity contribution in [2.75, 3.05) is 13.7 Å². The van der Waals surface area contributed by atoms with Crippen molar-refractivity contribution in [3.63, 3.8) is 0 Å². The number of hydrogen-bond donors (Lipinski definition) is 2. The van der Waals surface area contributed by atoms with Crippen molar-refractivity contribution in [1.82, 2.24) is 10.0 Å². The summed E-state index contributed by atoms with van der Waals surface area (Å²) in [4.78, 5) is 1.01. The fourth-order valence-corrected chi connectivity index (χ4v) is 5.04. The monoisotopic (exact) mass is 318 g/mol. The van der Waals surface area contributed by atoms with Crippen molar-refractivity contribution in [1.29, 1.82) is 0 Å². The molecule has 1 aromatic rings. The molecule has 7 heteroatoms. The Labute approximate surface area is 124 Å². The van der Waals surface area contributed by atoms with Gasteiger partial charge in [-0.1, -0.05) is 0 Å². The molecule has 114 valence electrons. The van der Waals surface area contributed by atoms with E-state index in [0.29, 0.717) is 23.8 Å². The van der Waals surface area contributed by atoms with Crippen LogP contribution in [0.1, 0.15) is 31.6 Å². The molecule has 5 nitrogen and oxygen atoms in total. The second-order valence-electron chi connectivity index (χ2n) is 5.67. The maximum atomic E-state index is 12.4. The van der Waals surface area contributed by atoms with Gasteiger partial charge in [0, 0.05) is 24.1 Å². The predicted octanol–water partition coefficient (Wildman–Crippen LogP) is 1.70. The number of hydrogen-bond acceptors (Lipinski definition) is 5. The molecule has 0 spiro atoms. The first-order valence-electron chi connectivity index (χ1n) is 6.72. The van der Waals surface area contributed by atoms with Crippen LogP contribution in [0.4, 0.5) is 0 Å². The molecule has 0 aromatic carbocycles. The van der Waals surface area contributed by atoms with Crippen LogP contribution in [-0.2, 0) is 21.3 Å². The minimum atomic E-state index is -3.42. The van der Waals surface area contributed by atoms with Crippen molar-refractivity contribution in [2.45, 2.75) is 49.1 Å². The largest absolute Gasteiger partial charge is 0.375 e. The van der Waals surface area contributed by atoms with Gasteiger partial charge in [0.2, 0.25) is 10.0 Å². The first kappa shape index (κ1) is 15.9. The Morgan fingerprint density at radius 2 is 2.20 bits per heavy atom. The zero-order valence-corrected chi connectivity index (χ0v) is 13.7. The van der Waals surface area contributed by atoms with Crippen LogP contribution in [0.3, 0.4) is 0 Å². The van der Waals surface area contributed by atoms with E-state index in [-0.39, 0.29) is 11.6 Å². The molecular weight excluding hydrogens is 296 g/mol. The summed E-state index contributed by atoms with van der Waals surface area (Å²) in [5.74, 6) is 0. The zero-order chi connectivity index (χ0) is 14.8. The maximum absolute atomic E-state index is 12.4. The number of thiophene rings is 1. The molecular formula is C13H22N2O3S2. The highest BCUT2D eigenvalue weighted by Gasteiger charge is 2.32. The summed E-state index contributed by atoms with van der Waals surface area (Å²) in [6.07, 6.45) is 1.42. The van der Waals surface area contributed by atoms with E-state index < -0.39 is 10.0 Å². The van der Waals surface area contributed by atoms with E-state index in [2.05, 4.69) is 10.0 Å². The van der Waals surface area contributed by atoms with Crippen LogP contribution in [0.2, 0.25) is 0 Å². The molecule has 2 heterocycles. The van der Waals surface area contributed by atoms with Crippen molar-refractivity contribution >= 4 is 21.4 Å². The van der Waals surface area contributed by atoms with Gasteiger partial charge in [-0.3, -0.25) is 0 Å². The lowest BCUT2D eigenvalue weighted by molar-refractivity contribution is -0.0599. The van der Waals surface area contributed by atoms with Gasteiger partial charge in [-0.05, 0) is 45.9 Å². The van der Waals surface area contributed by atoms with Gasteiger partial charge in [0.25, 0.3) is 0 Å². The Kier molecular flexibility index (Phi) is 4.86. The minimum Gasteiger partial charge on any atom is -0.375 e. The fourth-order valence-electron chi connectivity index (χ4n) is 2.38. The number of rotatable bonds is 5. The number of sulfonamides is 1. The van der Waals surface area contributed by atoms with E-state index >= 15 is 0 Å². The average molecular weight is 318 g/mol. The standard InChI is InChI=1S/C13H22N2O3S2/c1-13(2)8-10(6-7-18-13)15-20(16,17)12-5-4-11(19-12)9-14-3/h4-5,10,14-15H,6-9H2,1-3H3. The molecule has 1 aliphatic heterocycles. The van der Waals surface area contributed by atoms with Gasteiger partial charge in [-0.25, -0.2) is 13.1 Å². The molecule has 0 bridgehead atoms. The Morgan fingerprint density at radius 1 is 1.45 bits per heavy atom. The summed E-state index contributed by atoms with van der Waals surface area (Å²) in [7, 11) is -1.58. The summed E-state index contributed by atoms with van der Waals surface area (Å²) in [6.45, 7) is 5.26. The van der Waals surface area contributed by atoms with Crippen LogP contribution in [0.5, 0.6) is 0 Å². The summed E-state index contributed by atoms with van der Waals surface area (Å²) in [6, 6.07) is 3.46. The molecule has 1 aliphatic rings. The predicted molar refractivity (Wildman–Crippen MR) is 80.5 cm³/mol. The van der Waals surface area contributed by atoms with E-state index in [1.54, 1.807) is 6.07 Å². The highest BCUT2D eigenvalue weighted by atomic mass is 32.2. The highest BCUT2D eigenvalue weighted by Crippen LogP contribution is 2.27. The van der Waals surface area contributed by atoms with Crippen LogP contribution in [0, 0.1) is 0 Å². The molecule has 0 radical (unpaired) electrons. The van der Waals surface area contributed by atoms with E-state index in [9.17, 15) is 8.42 Å². The third kappa shape index (κ3) is 4.02. The van der Waals surface area contributed by atoms with E-state index in [1.165, 1.54) is 11.3 Å². The quantitative estimate of drug-likeness (QED) is 0.867. The molecule has 20 heavy (non-hydrogen) atoms. The molecule has 0 saturated carbocycles. The van der Waals surface area contributed by atoms with Gasteiger partial charge in [-0.15, -0.1) is 11.3 Å². The van der Waals surface area contributed by atoms with Gasteiger partial charge in [-0.2, -0.15) is 0 Å². The van der Waals surface area contributed by atoms with Crippen LogP contribution >= 0.6 is 11.3 Å². The molecule has 1 fully saturated rings. The summed E-state index contributed by atoms with van der Waals surface area (Å²) >= 11 is 1.31. The smallest absolute Gasteiger partial charge is 0.250 e. The van der Waals surface area contributed by atoms with Gasteiger partial charge < -0.3 is 10.1 Å². The van der Waals surface area contributed by atoms with Gasteiger partial charge in [0.05, 0.1) is 5.60 Å².